The van der Waals surface area contributed by atoms with Crippen LogP contribution in [0.15, 0.2) is 18.2 Å². The molecule has 19 heavy (non-hydrogen) atoms. The van der Waals surface area contributed by atoms with Crippen molar-refractivity contribution in [3.05, 3.63) is 29.3 Å². The second-order valence-electron chi connectivity index (χ2n) is 4.79. The summed E-state index contributed by atoms with van der Waals surface area (Å²) in [4.78, 5) is 13.7. The zero-order valence-corrected chi connectivity index (χ0v) is 12.3. The molecule has 0 spiro atoms. The van der Waals surface area contributed by atoms with Crippen molar-refractivity contribution in [1.29, 1.82) is 0 Å². The predicted molar refractivity (Wildman–Crippen MR) is 77.1 cm³/mol. The van der Waals surface area contributed by atoms with Crippen LogP contribution in [0.25, 0.3) is 0 Å². The molecule has 1 aromatic rings. The van der Waals surface area contributed by atoms with Gasteiger partial charge in [-0.3, -0.25) is 4.79 Å². The molecule has 0 heterocycles. The molecule has 0 saturated carbocycles. The number of nitrogens with two attached hydrogens (primary N) is 1. The summed E-state index contributed by atoms with van der Waals surface area (Å²) >= 11 is 0. The molecule has 1 amide bonds. The van der Waals surface area contributed by atoms with Gasteiger partial charge < -0.3 is 15.4 Å². The maximum atomic E-state index is 11.9. The number of aryl methyl sites for hydroxylation is 1. The van der Waals surface area contributed by atoms with Gasteiger partial charge in [-0.1, -0.05) is 19.1 Å². The summed E-state index contributed by atoms with van der Waals surface area (Å²) < 4.78 is 5.24. The van der Waals surface area contributed by atoms with Gasteiger partial charge in [0.05, 0.1) is 13.7 Å². The Bertz CT molecular complexity index is 432. The lowest BCUT2D eigenvalue weighted by Gasteiger charge is -2.28. The predicted octanol–water partition coefficient (Wildman–Crippen LogP) is 2.09. The molecule has 106 valence electrons. The zero-order valence-electron chi connectivity index (χ0n) is 12.3. The highest BCUT2D eigenvalue weighted by Gasteiger charge is 2.18. The molecule has 1 atom stereocenters. The van der Waals surface area contributed by atoms with E-state index in [1.54, 1.807) is 7.11 Å². The number of hydrogen-bond acceptors (Lipinski definition) is 3. The molecular weight excluding hydrogens is 240 g/mol. The first-order chi connectivity index (χ1) is 9.03. The summed E-state index contributed by atoms with van der Waals surface area (Å²) in [5, 5.41) is 0. The molecule has 4 heteroatoms. The normalized spacial score (nSPS) is 12.1. The number of benzene rings is 1. The van der Waals surface area contributed by atoms with Gasteiger partial charge in [0.25, 0.3) is 0 Å². The van der Waals surface area contributed by atoms with Gasteiger partial charge in [-0.05, 0) is 37.5 Å². The zero-order chi connectivity index (χ0) is 14.4. The number of methoxy groups -OCH3 is 1. The van der Waals surface area contributed by atoms with Gasteiger partial charge in [-0.2, -0.15) is 0 Å². The van der Waals surface area contributed by atoms with E-state index in [2.05, 4.69) is 13.0 Å². The van der Waals surface area contributed by atoms with Crippen molar-refractivity contribution in [3.8, 4) is 5.75 Å². The molecule has 1 unspecified atom stereocenters. The molecule has 0 aliphatic carbocycles. The maximum absolute atomic E-state index is 11.9. The van der Waals surface area contributed by atoms with Crippen molar-refractivity contribution in [3.63, 3.8) is 0 Å². The molecule has 0 aliphatic rings. The van der Waals surface area contributed by atoms with Crippen molar-refractivity contribution in [1.82, 2.24) is 4.90 Å². The van der Waals surface area contributed by atoms with Crippen LogP contribution >= 0.6 is 0 Å². The third kappa shape index (κ3) is 3.96. The van der Waals surface area contributed by atoms with E-state index in [1.165, 1.54) is 0 Å². The van der Waals surface area contributed by atoms with Crippen molar-refractivity contribution in [2.24, 2.45) is 5.73 Å². The topological polar surface area (TPSA) is 55.6 Å². The summed E-state index contributed by atoms with van der Waals surface area (Å²) in [6.07, 6.45) is 0.918. The number of carbonyl (C=O) groups excluding carboxylic acids is 1. The van der Waals surface area contributed by atoms with E-state index in [1.807, 2.05) is 30.9 Å². The highest BCUT2D eigenvalue weighted by Crippen LogP contribution is 2.20. The number of rotatable bonds is 6. The molecule has 4 nitrogen and oxygen atoms in total. The fourth-order valence-electron chi connectivity index (χ4n) is 2.06. The minimum Gasteiger partial charge on any atom is -0.496 e. The average molecular weight is 264 g/mol. The summed E-state index contributed by atoms with van der Waals surface area (Å²) in [7, 11) is 1.66. The molecular formula is C15H24N2O2. The van der Waals surface area contributed by atoms with E-state index in [0.29, 0.717) is 6.54 Å². The van der Waals surface area contributed by atoms with Crippen LogP contribution in [0.4, 0.5) is 0 Å². The first-order valence-corrected chi connectivity index (χ1v) is 6.66. The van der Waals surface area contributed by atoms with E-state index in [-0.39, 0.29) is 18.5 Å². The van der Waals surface area contributed by atoms with Crippen molar-refractivity contribution < 1.29 is 9.53 Å². The van der Waals surface area contributed by atoms with Crippen LogP contribution in [0.1, 0.15) is 31.4 Å². The highest BCUT2D eigenvalue weighted by atomic mass is 16.5. The van der Waals surface area contributed by atoms with Crippen LogP contribution in [0.2, 0.25) is 0 Å². The Morgan fingerprint density at radius 2 is 2.16 bits per heavy atom. The third-order valence-corrected chi connectivity index (χ3v) is 3.43. The van der Waals surface area contributed by atoms with Gasteiger partial charge in [0.2, 0.25) is 5.91 Å². The molecule has 0 aliphatic heterocycles. The fourth-order valence-corrected chi connectivity index (χ4v) is 2.06. The Kier molecular flexibility index (Phi) is 5.83. The average Bonchev–Trinajstić information content (AvgIpc) is 2.43. The monoisotopic (exact) mass is 264 g/mol. The SMILES string of the molecule is CCC(C)N(Cc1ccc(OC)c(C)c1)C(=O)CN. The number of carbonyl (C=O) groups is 1. The Hall–Kier alpha value is -1.55. The molecule has 0 bridgehead atoms. The van der Waals surface area contributed by atoms with E-state index in [4.69, 9.17) is 10.5 Å². The minimum absolute atomic E-state index is 0.0113. The van der Waals surface area contributed by atoms with Gasteiger partial charge in [0, 0.05) is 12.6 Å². The summed E-state index contributed by atoms with van der Waals surface area (Å²) in [5.41, 5.74) is 7.65. The number of ether oxygens (including phenoxy) is 1. The standard InChI is InChI=1S/C15H24N2O2/c1-5-12(3)17(15(18)9-16)10-13-6-7-14(19-4)11(2)8-13/h6-8,12H,5,9-10,16H2,1-4H3. The summed E-state index contributed by atoms with van der Waals surface area (Å²) in [6.45, 7) is 6.76. The van der Waals surface area contributed by atoms with E-state index in [0.717, 1.165) is 23.3 Å². The number of nitrogens with zero attached hydrogens (tertiary/aromatic N) is 1. The second kappa shape index (κ2) is 7.14. The Morgan fingerprint density at radius 1 is 1.47 bits per heavy atom. The molecule has 1 aromatic carbocycles. The molecule has 0 radical (unpaired) electrons. The first-order valence-electron chi connectivity index (χ1n) is 6.66. The van der Waals surface area contributed by atoms with E-state index < -0.39 is 0 Å². The highest BCUT2D eigenvalue weighted by molar-refractivity contribution is 5.78. The lowest BCUT2D eigenvalue weighted by Crippen LogP contribution is -2.41. The molecule has 1 rings (SSSR count). The van der Waals surface area contributed by atoms with Crippen LogP contribution in [-0.4, -0.2) is 30.5 Å². The summed E-state index contributed by atoms with van der Waals surface area (Å²) in [5.74, 6) is 0.854. The lowest BCUT2D eigenvalue weighted by molar-refractivity contribution is -0.132. The van der Waals surface area contributed by atoms with Gasteiger partial charge in [0.1, 0.15) is 5.75 Å². The van der Waals surface area contributed by atoms with Crippen LogP contribution in [0.5, 0.6) is 5.75 Å². The molecule has 0 saturated heterocycles. The van der Waals surface area contributed by atoms with Gasteiger partial charge >= 0.3 is 0 Å². The maximum Gasteiger partial charge on any atom is 0.236 e. The van der Waals surface area contributed by atoms with Crippen LogP contribution in [0, 0.1) is 6.92 Å². The van der Waals surface area contributed by atoms with Crippen LogP contribution in [0.3, 0.4) is 0 Å². The number of amides is 1. The van der Waals surface area contributed by atoms with Gasteiger partial charge in [-0.15, -0.1) is 0 Å². The largest absolute Gasteiger partial charge is 0.496 e. The quantitative estimate of drug-likeness (QED) is 0.856. The minimum atomic E-state index is -0.0113. The molecule has 0 aromatic heterocycles. The smallest absolute Gasteiger partial charge is 0.236 e. The van der Waals surface area contributed by atoms with Crippen molar-refractivity contribution in [2.75, 3.05) is 13.7 Å². The van der Waals surface area contributed by atoms with Crippen molar-refractivity contribution >= 4 is 5.91 Å². The lowest BCUT2D eigenvalue weighted by atomic mass is 10.1. The Labute approximate surface area is 115 Å². The number of hydrogen-bond donors (Lipinski definition) is 1. The molecule has 2 N–H and O–H groups in total. The van der Waals surface area contributed by atoms with Crippen LogP contribution in [-0.2, 0) is 11.3 Å². The van der Waals surface area contributed by atoms with Crippen LogP contribution < -0.4 is 10.5 Å². The van der Waals surface area contributed by atoms with Gasteiger partial charge in [-0.25, -0.2) is 0 Å². The van der Waals surface area contributed by atoms with Gasteiger partial charge in [0.15, 0.2) is 0 Å². The third-order valence-electron chi connectivity index (χ3n) is 3.43. The fraction of sp³-hybridized carbons (Fsp3) is 0.533. The summed E-state index contributed by atoms with van der Waals surface area (Å²) in [6, 6.07) is 6.17. The Morgan fingerprint density at radius 3 is 2.63 bits per heavy atom. The van der Waals surface area contributed by atoms with Crippen molar-refractivity contribution in [2.45, 2.75) is 39.8 Å². The Balaban J connectivity index is 2.90. The first kappa shape index (κ1) is 15.5. The van der Waals surface area contributed by atoms with E-state index in [9.17, 15) is 4.79 Å². The van der Waals surface area contributed by atoms with E-state index >= 15 is 0 Å². The molecule has 0 fully saturated rings. The second-order valence-corrected chi connectivity index (χ2v) is 4.79.